The second-order valence-electron chi connectivity index (χ2n) is 9.13. The second-order valence-corrected chi connectivity index (χ2v) is 9.13. The Morgan fingerprint density at radius 2 is 1.46 bits per heavy atom. The molecule has 35 heavy (non-hydrogen) atoms. The van der Waals surface area contributed by atoms with Crippen LogP contribution < -0.4 is 5.32 Å². The van der Waals surface area contributed by atoms with E-state index < -0.39 is 11.7 Å². The minimum Gasteiger partial charge on any atom is -0.445 e. The highest BCUT2D eigenvalue weighted by Crippen LogP contribution is 2.07. The number of hydrogen-bond acceptors (Lipinski definition) is 8. The molecule has 0 bridgehead atoms. The molecule has 0 radical (unpaired) electrons. The van der Waals surface area contributed by atoms with Crippen molar-refractivity contribution in [1.82, 2.24) is 15.1 Å². The number of hydrogen-bond donors (Lipinski definition) is 1. The summed E-state index contributed by atoms with van der Waals surface area (Å²) >= 11 is 0. The summed E-state index contributed by atoms with van der Waals surface area (Å²) in [7, 11) is 0. The minimum absolute atomic E-state index is 0.259. The van der Waals surface area contributed by atoms with Crippen LogP contribution in [0.2, 0.25) is 0 Å². The van der Waals surface area contributed by atoms with E-state index in [1.54, 1.807) is 4.90 Å². The van der Waals surface area contributed by atoms with Crippen molar-refractivity contribution in [2.24, 2.45) is 0 Å². The number of carbonyl (C=O) groups is 2. The normalized spacial score (nSPS) is 14.5. The molecule has 0 spiro atoms. The Kier molecular flexibility index (Phi) is 13.4. The largest absolute Gasteiger partial charge is 0.445 e. The fourth-order valence-electron chi connectivity index (χ4n) is 3.24. The Labute approximate surface area is 208 Å². The monoisotopic (exact) mass is 495 g/mol. The maximum Gasteiger partial charge on any atom is 0.410 e. The molecule has 198 valence electrons. The average Bonchev–Trinajstić information content (AvgIpc) is 2.83. The fraction of sp³-hybridized carbons (Fsp3) is 0.680. The van der Waals surface area contributed by atoms with Gasteiger partial charge in [0.05, 0.1) is 39.6 Å². The number of carbonyl (C=O) groups excluding carboxylic acids is 2. The maximum atomic E-state index is 12.2. The van der Waals surface area contributed by atoms with Crippen molar-refractivity contribution in [1.29, 1.82) is 0 Å². The van der Waals surface area contributed by atoms with Crippen molar-refractivity contribution in [3.05, 3.63) is 35.9 Å². The van der Waals surface area contributed by atoms with Crippen LogP contribution in [0.5, 0.6) is 0 Å². The van der Waals surface area contributed by atoms with Crippen molar-refractivity contribution < 1.29 is 33.3 Å². The minimum atomic E-state index is -0.506. The van der Waals surface area contributed by atoms with E-state index in [4.69, 9.17) is 23.7 Å². The van der Waals surface area contributed by atoms with Crippen molar-refractivity contribution in [3.63, 3.8) is 0 Å². The van der Waals surface area contributed by atoms with E-state index in [9.17, 15) is 9.59 Å². The van der Waals surface area contributed by atoms with Gasteiger partial charge in [0, 0.05) is 39.3 Å². The Bertz CT molecular complexity index is 720. The van der Waals surface area contributed by atoms with E-state index >= 15 is 0 Å². The van der Waals surface area contributed by atoms with Crippen LogP contribution >= 0.6 is 0 Å². The summed E-state index contributed by atoms with van der Waals surface area (Å²) in [4.78, 5) is 27.7. The molecule has 1 aromatic rings. The van der Waals surface area contributed by atoms with E-state index in [1.807, 2.05) is 51.1 Å². The molecule has 1 N–H and O–H groups in total. The van der Waals surface area contributed by atoms with Gasteiger partial charge in [0.15, 0.2) is 0 Å². The molecule has 1 aliphatic heterocycles. The Morgan fingerprint density at radius 1 is 0.857 bits per heavy atom. The van der Waals surface area contributed by atoms with Gasteiger partial charge in [-0.1, -0.05) is 30.3 Å². The van der Waals surface area contributed by atoms with Crippen LogP contribution in [-0.2, 0) is 30.3 Å². The highest BCUT2D eigenvalue weighted by Gasteiger charge is 2.22. The lowest BCUT2D eigenvalue weighted by Crippen LogP contribution is -2.49. The topological polar surface area (TPSA) is 98.8 Å². The number of nitrogens with zero attached hydrogens (tertiary/aromatic N) is 2. The molecule has 1 aromatic carbocycles. The lowest BCUT2D eigenvalue weighted by Gasteiger charge is -2.33. The molecule has 0 unspecified atom stereocenters. The molecule has 1 aliphatic rings. The SMILES string of the molecule is CC(C)(C)OC(=O)NCCOCCOCCOCCN1CCN(C(=O)OCc2ccccc2)CC1. The third kappa shape index (κ3) is 13.9. The number of ether oxygens (including phenoxy) is 5. The van der Waals surface area contributed by atoms with Gasteiger partial charge >= 0.3 is 12.2 Å². The second kappa shape index (κ2) is 16.3. The molecule has 1 saturated heterocycles. The van der Waals surface area contributed by atoms with Crippen LogP contribution in [0.3, 0.4) is 0 Å². The van der Waals surface area contributed by atoms with Gasteiger partial charge in [-0.15, -0.1) is 0 Å². The first-order valence-corrected chi connectivity index (χ1v) is 12.2. The lowest BCUT2D eigenvalue weighted by molar-refractivity contribution is 0.00729. The van der Waals surface area contributed by atoms with Gasteiger partial charge < -0.3 is 33.9 Å². The number of nitrogens with one attached hydrogen (secondary N) is 1. The molecule has 0 atom stereocenters. The first-order valence-electron chi connectivity index (χ1n) is 12.2. The van der Waals surface area contributed by atoms with Crippen LogP contribution in [0.15, 0.2) is 30.3 Å². The highest BCUT2D eigenvalue weighted by molar-refractivity contribution is 5.68. The molecule has 2 rings (SSSR count). The van der Waals surface area contributed by atoms with Crippen LogP contribution in [0, 0.1) is 0 Å². The van der Waals surface area contributed by atoms with Crippen molar-refractivity contribution in [2.75, 3.05) is 78.9 Å². The molecule has 0 aromatic heterocycles. The zero-order valence-electron chi connectivity index (χ0n) is 21.3. The Morgan fingerprint density at radius 3 is 2.09 bits per heavy atom. The molecule has 0 saturated carbocycles. The highest BCUT2D eigenvalue weighted by atomic mass is 16.6. The summed E-state index contributed by atoms with van der Waals surface area (Å²) in [5, 5.41) is 2.63. The first-order chi connectivity index (χ1) is 16.8. The maximum absolute atomic E-state index is 12.2. The van der Waals surface area contributed by atoms with E-state index in [0.717, 1.165) is 25.2 Å². The number of amides is 2. The van der Waals surface area contributed by atoms with Gasteiger partial charge in [-0.25, -0.2) is 9.59 Å². The summed E-state index contributed by atoms with van der Waals surface area (Å²) in [5.74, 6) is 0. The summed E-state index contributed by atoms with van der Waals surface area (Å²) in [5.41, 5.74) is 0.481. The smallest absolute Gasteiger partial charge is 0.410 e. The standard InChI is InChI=1S/C25H41N3O7/c1-25(2,3)35-23(29)26-9-15-31-17-19-33-20-18-32-16-14-27-10-12-28(13-11-27)24(30)34-21-22-7-5-4-6-8-22/h4-8H,9-21H2,1-3H3,(H,26,29). The predicted octanol–water partition coefficient (Wildman–Crippen LogP) is 2.52. The van der Waals surface area contributed by atoms with Crippen LogP contribution in [0.1, 0.15) is 26.3 Å². The molecule has 10 heteroatoms. The number of rotatable bonds is 14. The summed E-state index contributed by atoms with van der Waals surface area (Å²) in [6.07, 6.45) is -0.706. The van der Waals surface area contributed by atoms with Crippen LogP contribution in [-0.4, -0.2) is 106 Å². The Hall–Kier alpha value is -2.40. The zero-order chi connectivity index (χ0) is 25.4. The Balaban J connectivity index is 1.36. The molecule has 2 amide bonds. The molecule has 10 nitrogen and oxygen atoms in total. The van der Waals surface area contributed by atoms with Gasteiger partial charge in [-0.3, -0.25) is 4.90 Å². The predicted molar refractivity (Wildman–Crippen MR) is 131 cm³/mol. The first kappa shape index (κ1) is 28.8. The average molecular weight is 496 g/mol. The van der Waals surface area contributed by atoms with Crippen molar-refractivity contribution >= 4 is 12.2 Å². The molecule has 0 aliphatic carbocycles. The van der Waals surface area contributed by atoms with Gasteiger partial charge in [-0.2, -0.15) is 0 Å². The number of benzene rings is 1. The third-order valence-corrected chi connectivity index (χ3v) is 5.05. The number of alkyl carbamates (subject to hydrolysis) is 1. The van der Waals surface area contributed by atoms with E-state index in [1.165, 1.54) is 0 Å². The van der Waals surface area contributed by atoms with Gasteiger partial charge in [0.2, 0.25) is 0 Å². The van der Waals surface area contributed by atoms with Gasteiger partial charge in [-0.05, 0) is 26.3 Å². The molecule has 1 fully saturated rings. The zero-order valence-corrected chi connectivity index (χ0v) is 21.3. The molecular formula is C25H41N3O7. The lowest BCUT2D eigenvalue weighted by atomic mass is 10.2. The van der Waals surface area contributed by atoms with E-state index in [0.29, 0.717) is 65.9 Å². The van der Waals surface area contributed by atoms with Gasteiger partial charge in [0.1, 0.15) is 12.2 Å². The number of piperazine rings is 1. The summed E-state index contributed by atoms with van der Waals surface area (Å²) in [6.45, 7) is 12.9. The van der Waals surface area contributed by atoms with Gasteiger partial charge in [0.25, 0.3) is 0 Å². The fourth-order valence-corrected chi connectivity index (χ4v) is 3.24. The molecular weight excluding hydrogens is 454 g/mol. The molecule has 1 heterocycles. The quantitative estimate of drug-likeness (QED) is 0.393. The van der Waals surface area contributed by atoms with Crippen LogP contribution in [0.4, 0.5) is 9.59 Å². The van der Waals surface area contributed by atoms with E-state index in [2.05, 4.69) is 10.2 Å². The summed E-state index contributed by atoms with van der Waals surface area (Å²) < 4.78 is 27.1. The van der Waals surface area contributed by atoms with E-state index in [-0.39, 0.29) is 6.09 Å². The summed E-state index contributed by atoms with van der Waals surface area (Å²) in [6, 6.07) is 9.69. The van der Waals surface area contributed by atoms with Crippen LogP contribution in [0.25, 0.3) is 0 Å². The van der Waals surface area contributed by atoms with Crippen molar-refractivity contribution in [3.8, 4) is 0 Å². The third-order valence-electron chi connectivity index (χ3n) is 5.05. The van der Waals surface area contributed by atoms with Crippen molar-refractivity contribution in [2.45, 2.75) is 33.0 Å².